The van der Waals surface area contributed by atoms with E-state index in [1.807, 2.05) is 21.1 Å². The molecular weight excluding hydrogens is 1250 g/mol. The lowest BCUT2D eigenvalue weighted by Gasteiger charge is -2.26. The maximum atomic E-state index is 13.0. The molecule has 9 nitrogen and oxygen atoms in total. The van der Waals surface area contributed by atoms with Crippen LogP contribution in [0, 0.1) is 0 Å². The molecule has 2 atom stereocenters. The molecule has 0 aromatic rings. The molecule has 2 unspecified atom stereocenters. The number of esters is 2. The number of unbranched alkanes of at least 4 members (excludes halogenated alkanes) is 50. The van der Waals surface area contributed by atoms with E-state index in [1.54, 1.807) is 0 Å². The van der Waals surface area contributed by atoms with Crippen molar-refractivity contribution >= 4 is 17.9 Å². The molecule has 0 amide bonds. The fourth-order valence-corrected chi connectivity index (χ4v) is 12.8. The SMILES string of the molecule is CC/C=C\C/C=C\C/C=C\C/C=C\C/C=C\C/C=C\CCCCCCCCCCCCCCCCCCCCCCCCC(=O)OC(COC(=O)CCCCCCCCCCCCCCCCCCCCCCCCC/C=C\C/C=C\CCCCCCC)COC(OCC[N+](C)(C)C)C(=O)[O-]. The Labute approximate surface area is 626 Å². The lowest BCUT2D eigenvalue weighted by molar-refractivity contribution is -0.870. The molecule has 0 aliphatic carbocycles. The highest BCUT2D eigenvalue weighted by Crippen LogP contribution is 2.20. The highest BCUT2D eigenvalue weighted by molar-refractivity contribution is 5.70. The average Bonchev–Trinajstić information content (AvgIpc) is 1.21. The fraction of sp³-hybridized carbons (Fsp3) is 0.793. The van der Waals surface area contributed by atoms with Gasteiger partial charge in [0.1, 0.15) is 13.2 Å². The van der Waals surface area contributed by atoms with Gasteiger partial charge in [-0.05, 0) is 96.3 Å². The summed E-state index contributed by atoms with van der Waals surface area (Å²) in [5.41, 5.74) is 0. The number of likely N-dealkylation sites (N-methyl/N-ethyl adjacent to an activating group) is 1. The molecule has 0 radical (unpaired) electrons. The molecule has 0 spiro atoms. The number of quaternary nitrogens is 1. The zero-order valence-electron chi connectivity index (χ0n) is 67.3. The molecule has 0 aromatic carbocycles. The maximum absolute atomic E-state index is 13.0. The number of carbonyl (C=O) groups excluding carboxylic acids is 3. The van der Waals surface area contributed by atoms with Crippen LogP contribution in [0.4, 0.5) is 0 Å². The van der Waals surface area contributed by atoms with Crippen LogP contribution >= 0.6 is 0 Å². The Balaban J connectivity index is 3.94. The van der Waals surface area contributed by atoms with Crippen LogP contribution in [0.3, 0.4) is 0 Å². The summed E-state index contributed by atoms with van der Waals surface area (Å²) in [7, 11) is 5.95. The number of nitrogens with zero attached hydrogens (tertiary/aromatic N) is 1. The zero-order valence-corrected chi connectivity index (χ0v) is 67.3. The van der Waals surface area contributed by atoms with E-state index in [1.165, 1.54) is 302 Å². The number of carboxylic acids is 1. The molecule has 0 fully saturated rings. The number of carbonyl (C=O) groups is 3. The highest BCUT2D eigenvalue weighted by atomic mass is 16.7. The second-order valence-electron chi connectivity index (χ2n) is 30.4. The smallest absolute Gasteiger partial charge is 0.306 e. The predicted octanol–water partition coefficient (Wildman–Crippen LogP) is 26.9. The Hall–Kier alpha value is -3.79. The minimum atomic E-state index is -1.62. The van der Waals surface area contributed by atoms with Gasteiger partial charge in [0.2, 0.25) is 0 Å². The van der Waals surface area contributed by atoms with Crippen LogP contribution in [0.2, 0.25) is 0 Å². The number of hydrogen-bond donors (Lipinski definition) is 0. The van der Waals surface area contributed by atoms with Gasteiger partial charge < -0.3 is 33.3 Å². The Morgan fingerprint density at radius 1 is 0.307 bits per heavy atom. The van der Waals surface area contributed by atoms with Gasteiger partial charge in [-0.2, -0.15) is 0 Å². The van der Waals surface area contributed by atoms with Crippen LogP contribution in [0.5, 0.6) is 0 Å². The Morgan fingerprint density at radius 2 is 0.564 bits per heavy atom. The predicted molar refractivity (Wildman–Crippen MR) is 435 cm³/mol. The number of carboxylic acid groups (broad SMARTS) is 1. The monoisotopic (exact) mass is 1410 g/mol. The molecule has 0 saturated heterocycles. The first-order valence-electron chi connectivity index (χ1n) is 43.4. The van der Waals surface area contributed by atoms with E-state index in [0.717, 1.165) is 77.0 Å². The number of ether oxygens (including phenoxy) is 4. The van der Waals surface area contributed by atoms with Crippen molar-refractivity contribution in [3.05, 3.63) is 97.2 Å². The first kappa shape index (κ1) is 97.2. The molecule has 0 rings (SSSR count). The molecule has 0 heterocycles. The van der Waals surface area contributed by atoms with E-state index in [9.17, 15) is 19.5 Å². The molecule has 0 aliphatic heterocycles. The van der Waals surface area contributed by atoms with Crippen molar-refractivity contribution in [3.63, 3.8) is 0 Å². The molecule has 0 aliphatic rings. The van der Waals surface area contributed by atoms with Gasteiger partial charge in [-0.15, -0.1) is 0 Å². The Kier molecular flexibility index (Phi) is 78.8. The van der Waals surface area contributed by atoms with Gasteiger partial charge >= 0.3 is 11.9 Å². The van der Waals surface area contributed by atoms with Crippen molar-refractivity contribution in [2.45, 2.75) is 424 Å². The molecule has 101 heavy (non-hydrogen) atoms. The number of aliphatic carboxylic acids is 1. The molecule has 586 valence electrons. The lowest BCUT2D eigenvalue weighted by atomic mass is 10.0. The molecule has 0 saturated carbocycles. The summed E-state index contributed by atoms with van der Waals surface area (Å²) in [6.07, 6.45) is 111. The van der Waals surface area contributed by atoms with Crippen molar-refractivity contribution in [2.75, 3.05) is 47.5 Å². The molecule has 0 N–H and O–H groups in total. The van der Waals surface area contributed by atoms with Gasteiger partial charge in [0, 0.05) is 12.8 Å². The van der Waals surface area contributed by atoms with E-state index in [-0.39, 0.29) is 32.2 Å². The summed E-state index contributed by atoms with van der Waals surface area (Å²) in [4.78, 5) is 37.7. The number of rotatable bonds is 81. The quantitative estimate of drug-likeness (QED) is 0.0195. The van der Waals surface area contributed by atoms with E-state index >= 15 is 0 Å². The first-order valence-corrected chi connectivity index (χ1v) is 43.4. The standard InChI is InChI=1S/C92H165NO8/c1-6-8-10-12-14-16-18-20-22-24-26-28-30-32-34-36-38-40-42-43-44-45-46-47-49-51-53-55-57-59-61-63-65-67-69-71-73-75-77-79-81-83-90(95)101-88(87-100-92(91(96)97)98-85-84-93(3,4)5)86-99-89(94)82-80-78-76-74-72-70-68-66-64-62-60-58-56-54-52-50-48-41-39-37-35-33-31-29-27-25-23-21-19-17-15-13-11-9-7-2/h8,10,14,16,19-22,25-28,32,34,38,40,88,92H,6-7,9,11-13,15,17-18,23-24,29-31,33,35-37,39,41-87H2,1-5H3/b10-8-,16-14-,21-19-,22-20-,27-25-,28-26-,34-32-,40-38-. The summed E-state index contributed by atoms with van der Waals surface area (Å²) in [6, 6.07) is 0. The molecular formula is C92H165NO8. The third-order valence-corrected chi connectivity index (χ3v) is 19.3. The highest BCUT2D eigenvalue weighted by Gasteiger charge is 2.22. The van der Waals surface area contributed by atoms with E-state index in [0.29, 0.717) is 23.9 Å². The second kappa shape index (κ2) is 81.9. The van der Waals surface area contributed by atoms with Crippen molar-refractivity contribution < 1.29 is 42.9 Å². The molecule has 0 aromatic heterocycles. The minimum Gasteiger partial charge on any atom is -0.545 e. The molecule has 9 heteroatoms. The largest absolute Gasteiger partial charge is 0.545 e. The second-order valence-corrected chi connectivity index (χ2v) is 30.4. The van der Waals surface area contributed by atoms with Crippen molar-refractivity contribution in [3.8, 4) is 0 Å². The normalized spacial score (nSPS) is 13.1. The maximum Gasteiger partial charge on any atom is 0.306 e. The van der Waals surface area contributed by atoms with Gasteiger partial charge in [0.25, 0.3) is 0 Å². The van der Waals surface area contributed by atoms with Crippen LogP contribution < -0.4 is 5.11 Å². The summed E-state index contributed by atoms with van der Waals surface area (Å²) < 4.78 is 22.9. The van der Waals surface area contributed by atoms with E-state index in [4.69, 9.17) is 18.9 Å². The Bertz CT molecular complexity index is 1990. The fourth-order valence-electron chi connectivity index (χ4n) is 12.8. The summed E-state index contributed by atoms with van der Waals surface area (Å²) in [6.45, 7) is 4.69. The average molecular weight is 1410 g/mol. The van der Waals surface area contributed by atoms with Gasteiger partial charge in [-0.25, -0.2) is 0 Å². The van der Waals surface area contributed by atoms with Crippen LogP contribution in [0.1, 0.15) is 412 Å². The van der Waals surface area contributed by atoms with E-state index in [2.05, 4.69) is 111 Å². The third kappa shape index (κ3) is 83.4. The Morgan fingerprint density at radius 3 is 0.842 bits per heavy atom. The zero-order chi connectivity index (χ0) is 73.2. The minimum absolute atomic E-state index is 0.149. The topological polar surface area (TPSA) is 111 Å². The van der Waals surface area contributed by atoms with Gasteiger partial charge in [-0.3, -0.25) is 9.59 Å². The van der Waals surface area contributed by atoms with Crippen LogP contribution in [0.15, 0.2) is 97.2 Å². The van der Waals surface area contributed by atoms with Crippen LogP contribution in [-0.4, -0.2) is 82.3 Å². The van der Waals surface area contributed by atoms with Crippen molar-refractivity contribution in [1.82, 2.24) is 0 Å². The van der Waals surface area contributed by atoms with Crippen molar-refractivity contribution in [2.24, 2.45) is 0 Å². The number of allylic oxidation sites excluding steroid dienone is 16. The van der Waals surface area contributed by atoms with Gasteiger partial charge in [0.15, 0.2) is 12.4 Å². The first-order chi connectivity index (χ1) is 49.6. The third-order valence-electron chi connectivity index (χ3n) is 19.3. The summed E-state index contributed by atoms with van der Waals surface area (Å²) in [5.74, 6) is -2.25. The summed E-state index contributed by atoms with van der Waals surface area (Å²) >= 11 is 0. The van der Waals surface area contributed by atoms with Crippen molar-refractivity contribution in [1.29, 1.82) is 0 Å². The van der Waals surface area contributed by atoms with Gasteiger partial charge in [-0.1, -0.05) is 400 Å². The lowest BCUT2D eigenvalue weighted by Crippen LogP contribution is -2.44. The van der Waals surface area contributed by atoms with Crippen LogP contribution in [0.25, 0.3) is 0 Å². The van der Waals surface area contributed by atoms with Gasteiger partial charge in [0.05, 0.1) is 40.3 Å². The van der Waals surface area contributed by atoms with Crippen LogP contribution in [-0.2, 0) is 33.3 Å². The van der Waals surface area contributed by atoms with E-state index < -0.39 is 24.3 Å². The number of hydrogen-bond acceptors (Lipinski definition) is 8. The summed E-state index contributed by atoms with van der Waals surface area (Å²) in [5, 5.41) is 11.9. The molecule has 0 bridgehead atoms.